The summed E-state index contributed by atoms with van der Waals surface area (Å²) < 4.78 is 10.1. The van der Waals surface area contributed by atoms with E-state index in [0.717, 1.165) is 6.42 Å². The summed E-state index contributed by atoms with van der Waals surface area (Å²) in [6, 6.07) is 6.63. The fourth-order valence-corrected chi connectivity index (χ4v) is 3.82. The van der Waals surface area contributed by atoms with E-state index in [1.165, 1.54) is 12.0 Å². The molecule has 0 aliphatic carbocycles. The topological polar surface area (TPSA) is 114 Å². The van der Waals surface area contributed by atoms with Crippen LogP contribution >= 0.6 is 0 Å². The number of alkyl carbamates (subject to hydrolysis) is 1. The number of carbonyl (C=O) groups excluding carboxylic acids is 4. The molecule has 0 fully saturated rings. The zero-order chi connectivity index (χ0) is 28.3. The van der Waals surface area contributed by atoms with E-state index in [1.807, 2.05) is 26.8 Å². The Labute approximate surface area is 221 Å². The van der Waals surface area contributed by atoms with Crippen molar-refractivity contribution in [2.45, 2.75) is 92.0 Å². The molecule has 37 heavy (non-hydrogen) atoms. The molecule has 0 aromatic heterocycles. The molecule has 0 aliphatic rings. The third kappa shape index (κ3) is 10.8. The smallest absolute Gasteiger partial charge is 0.408 e. The third-order valence-corrected chi connectivity index (χ3v) is 5.77. The van der Waals surface area contributed by atoms with Gasteiger partial charge in [0.05, 0.1) is 7.11 Å². The summed E-state index contributed by atoms with van der Waals surface area (Å²) in [7, 11) is 1.24. The molecule has 208 valence electrons. The second-order valence-corrected chi connectivity index (χ2v) is 11.0. The van der Waals surface area contributed by atoms with Crippen LogP contribution in [0.5, 0.6) is 0 Å². The van der Waals surface area contributed by atoms with Gasteiger partial charge in [0.2, 0.25) is 11.8 Å². The molecular weight excluding hydrogens is 474 g/mol. The molecule has 3 atom stereocenters. The van der Waals surface area contributed by atoms with Crippen LogP contribution in [0.25, 0.3) is 0 Å². The second-order valence-electron chi connectivity index (χ2n) is 11.0. The van der Waals surface area contributed by atoms with Crippen LogP contribution in [0.4, 0.5) is 4.79 Å². The highest BCUT2D eigenvalue weighted by molar-refractivity contribution is 5.93. The first kappa shape index (κ1) is 31.9. The van der Waals surface area contributed by atoms with Crippen LogP contribution in [0.15, 0.2) is 30.3 Å². The maximum atomic E-state index is 14.2. The first-order chi connectivity index (χ1) is 17.2. The lowest BCUT2D eigenvalue weighted by Crippen LogP contribution is -2.57. The maximum Gasteiger partial charge on any atom is 0.408 e. The molecule has 1 aromatic carbocycles. The maximum absolute atomic E-state index is 14.2. The van der Waals surface area contributed by atoms with E-state index in [9.17, 15) is 19.2 Å². The quantitative estimate of drug-likeness (QED) is 0.400. The first-order valence-electron chi connectivity index (χ1n) is 12.9. The first-order valence-corrected chi connectivity index (χ1v) is 12.9. The molecule has 0 saturated heterocycles. The van der Waals surface area contributed by atoms with Crippen molar-refractivity contribution in [2.75, 3.05) is 13.7 Å². The minimum absolute atomic E-state index is 0.283. The zero-order valence-corrected chi connectivity index (χ0v) is 23.8. The van der Waals surface area contributed by atoms with E-state index in [1.54, 1.807) is 45.0 Å². The highest BCUT2D eigenvalue weighted by Crippen LogP contribution is 2.28. The molecule has 3 unspecified atom stereocenters. The van der Waals surface area contributed by atoms with Crippen molar-refractivity contribution in [3.63, 3.8) is 0 Å². The highest BCUT2D eigenvalue weighted by Gasteiger charge is 2.39. The van der Waals surface area contributed by atoms with Crippen LogP contribution in [0.3, 0.4) is 0 Å². The number of benzene rings is 1. The van der Waals surface area contributed by atoms with Crippen LogP contribution in [0, 0.1) is 11.8 Å². The van der Waals surface area contributed by atoms with Gasteiger partial charge in [-0.15, -0.1) is 0 Å². The van der Waals surface area contributed by atoms with Crippen LogP contribution < -0.4 is 10.6 Å². The van der Waals surface area contributed by atoms with Gasteiger partial charge in [0.25, 0.3) is 0 Å². The van der Waals surface area contributed by atoms with Gasteiger partial charge in [-0.05, 0) is 57.9 Å². The number of carbonyl (C=O) groups is 4. The fraction of sp³-hybridized carbons (Fsp3) is 0.643. The molecule has 0 spiro atoms. The number of hydrogen-bond acceptors (Lipinski definition) is 6. The van der Waals surface area contributed by atoms with Gasteiger partial charge >= 0.3 is 12.1 Å². The predicted molar refractivity (Wildman–Crippen MR) is 143 cm³/mol. The Morgan fingerprint density at radius 1 is 0.946 bits per heavy atom. The normalized spacial score (nSPS) is 13.9. The lowest BCUT2D eigenvalue weighted by molar-refractivity contribution is -0.147. The number of nitrogens with zero attached hydrogens (tertiary/aromatic N) is 1. The van der Waals surface area contributed by atoms with Crippen molar-refractivity contribution < 1.29 is 28.7 Å². The molecule has 0 radical (unpaired) electrons. The van der Waals surface area contributed by atoms with Crippen molar-refractivity contribution in [2.24, 2.45) is 11.8 Å². The van der Waals surface area contributed by atoms with Crippen molar-refractivity contribution in [3.8, 4) is 0 Å². The molecule has 0 saturated carbocycles. The molecule has 1 rings (SSSR count). The van der Waals surface area contributed by atoms with Crippen molar-refractivity contribution in [1.82, 2.24) is 15.5 Å². The van der Waals surface area contributed by atoms with E-state index >= 15 is 0 Å². The summed E-state index contributed by atoms with van der Waals surface area (Å²) in [6.07, 6.45) is 0.775. The number of rotatable bonds is 12. The molecule has 0 bridgehead atoms. The predicted octanol–water partition coefficient (Wildman–Crippen LogP) is 4.22. The van der Waals surface area contributed by atoms with Gasteiger partial charge in [-0.3, -0.25) is 14.4 Å². The molecule has 0 aliphatic heterocycles. The number of methoxy groups -OCH3 is 1. The standard InChI is InChI=1S/C28H45N3O6/c1-18(2)15-16-20(5)31(26(34)23(19(3)4)30-27(35)37-28(6,7)8)24(21-13-11-10-12-14-21)25(33)29-17-22(32)36-9/h10-14,18-20,23-24H,15-17H2,1-9H3,(H,29,33)(H,30,35). The summed E-state index contributed by atoms with van der Waals surface area (Å²) in [5, 5.41) is 5.33. The van der Waals surface area contributed by atoms with Crippen LogP contribution in [-0.4, -0.2) is 60.1 Å². The molecule has 3 amide bonds. The van der Waals surface area contributed by atoms with Gasteiger partial charge in [0.1, 0.15) is 24.2 Å². The summed E-state index contributed by atoms with van der Waals surface area (Å²) in [4.78, 5) is 53.6. The number of hydrogen-bond donors (Lipinski definition) is 2. The lowest BCUT2D eigenvalue weighted by atomic mass is 9.95. The Bertz CT molecular complexity index is 895. The van der Waals surface area contributed by atoms with E-state index in [-0.39, 0.29) is 18.5 Å². The molecule has 2 N–H and O–H groups in total. The minimum Gasteiger partial charge on any atom is -0.468 e. The summed E-state index contributed by atoms with van der Waals surface area (Å²) in [5.41, 5.74) is -0.145. The zero-order valence-electron chi connectivity index (χ0n) is 23.8. The van der Waals surface area contributed by atoms with Crippen molar-refractivity contribution in [1.29, 1.82) is 0 Å². The number of amides is 3. The average Bonchev–Trinajstić information content (AvgIpc) is 2.81. The number of nitrogens with one attached hydrogen (secondary N) is 2. The highest BCUT2D eigenvalue weighted by atomic mass is 16.6. The van der Waals surface area contributed by atoms with Crippen molar-refractivity contribution >= 4 is 23.9 Å². The fourth-order valence-electron chi connectivity index (χ4n) is 3.82. The largest absolute Gasteiger partial charge is 0.468 e. The minimum atomic E-state index is -1.03. The summed E-state index contributed by atoms with van der Waals surface area (Å²) in [6.45, 7) is 14.6. The van der Waals surface area contributed by atoms with Crippen LogP contribution in [-0.2, 0) is 23.9 Å². The van der Waals surface area contributed by atoms with Gasteiger partial charge in [0, 0.05) is 6.04 Å². The average molecular weight is 520 g/mol. The second kappa shape index (κ2) is 14.6. The summed E-state index contributed by atoms with van der Waals surface area (Å²) >= 11 is 0. The summed E-state index contributed by atoms with van der Waals surface area (Å²) in [5.74, 6) is -1.41. The van der Waals surface area contributed by atoms with Crippen molar-refractivity contribution in [3.05, 3.63) is 35.9 Å². The van der Waals surface area contributed by atoms with Gasteiger partial charge in [-0.25, -0.2) is 4.79 Å². The van der Waals surface area contributed by atoms with E-state index in [4.69, 9.17) is 4.74 Å². The Hall–Kier alpha value is -3.10. The van der Waals surface area contributed by atoms with Gasteiger partial charge in [0.15, 0.2) is 0 Å². The number of ether oxygens (including phenoxy) is 2. The Kier molecular flexibility index (Phi) is 12.6. The van der Waals surface area contributed by atoms with E-state index in [0.29, 0.717) is 17.9 Å². The molecular formula is C28H45N3O6. The SMILES string of the molecule is COC(=O)CNC(=O)C(c1ccccc1)N(C(=O)C(NC(=O)OC(C)(C)C)C(C)C)C(C)CCC(C)C. The molecule has 9 nitrogen and oxygen atoms in total. The molecule has 9 heteroatoms. The van der Waals surface area contributed by atoms with E-state index < -0.39 is 41.6 Å². The monoisotopic (exact) mass is 519 g/mol. The molecule has 1 aromatic rings. The van der Waals surface area contributed by atoms with Crippen LogP contribution in [0.1, 0.15) is 79.8 Å². The van der Waals surface area contributed by atoms with Gasteiger partial charge in [-0.1, -0.05) is 58.0 Å². The van der Waals surface area contributed by atoms with E-state index in [2.05, 4.69) is 29.2 Å². The molecule has 0 heterocycles. The Morgan fingerprint density at radius 2 is 1.54 bits per heavy atom. The Balaban J connectivity index is 3.52. The lowest BCUT2D eigenvalue weighted by Gasteiger charge is -2.39. The van der Waals surface area contributed by atoms with Crippen LogP contribution in [0.2, 0.25) is 0 Å². The third-order valence-electron chi connectivity index (χ3n) is 5.77. The Morgan fingerprint density at radius 3 is 2.03 bits per heavy atom. The number of esters is 1. The van der Waals surface area contributed by atoms with Gasteiger partial charge in [-0.2, -0.15) is 0 Å². The van der Waals surface area contributed by atoms with Gasteiger partial charge < -0.3 is 25.0 Å².